The zero-order valence-corrected chi connectivity index (χ0v) is 13.2. The van der Waals surface area contributed by atoms with Gasteiger partial charge >= 0.3 is 0 Å². The fourth-order valence-electron chi connectivity index (χ4n) is 2.48. The summed E-state index contributed by atoms with van der Waals surface area (Å²) in [7, 11) is 6.32. The minimum absolute atomic E-state index is 0.477. The van der Waals surface area contributed by atoms with Crippen LogP contribution in [0.4, 0.5) is 0 Å². The number of aromatic nitrogens is 2. The predicted molar refractivity (Wildman–Crippen MR) is 84.7 cm³/mol. The Morgan fingerprint density at radius 2 is 1.95 bits per heavy atom. The summed E-state index contributed by atoms with van der Waals surface area (Å²) in [5.74, 6) is 1.70. The molecule has 1 aromatic heterocycles. The predicted octanol–water partition coefficient (Wildman–Crippen LogP) is 2.25. The summed E-state index contributed by atoms with van der Waals surface area (Å²) < 4.78 is 2.18. The van der Waals surface area contributed by atoms with Gasteiger partial charge in [0.25, 0.3) is 0 Å². The summed E-state index contributed by atoms with van der Waals surface area (Å²) in [5.41, 5.74) is 2.26. The molecule has 2 aromatic rings. The lowest BCUT2D eigenvalue weighted by atomic mass is 10.0. The molecule has 1 aromatic carbocycles. The van der Waals surface area contributed by atoms with E-state index in [9.17, 15) is 0 Å². The van der Waals surface area contributed by atoms with E-state index in [0.717, 1.165) is 24.4 Å². The van der Waals surface area contributed by atoms with E-state index >= 15 is 0 Å². The maximum Gasteiger partial charge on any atom is 0.123 e. The highest BCUT2D eigenvalue weighted by molar-refractivity contribution is 5.75. The molecule has 1 unspecified atom stereocenters. The van der Waals surface area contributed by atoms with E-state index in [0.29, 0.717) is 12.0 Å². The summed E-state index contributed by atoms with van der Waals surface area (Å²) in [6.07, 6.45) is 0. The number of fused-ring (bicyclic) bond motifs is 1. The van der Waals surface area contributed by atoms with Crippen molar-refractivity contribution in [3.8, 4) is 0 Å². The highest BCUT2D eigenvalue weighted by Crippen LogP contribution is 2.14. The molecule has 0 aliphatic carbocycles. The van der Waals surface area contributed by atoms with Gasteiger partial charge in [0.05, 0.1) is 17.6 Å². The monoisotopic (exact) mass is 274 g/mol. The number of hydrogen-bond donors (Lipinski definition) is 1. The van der Waals surface area contributed by atoms with Crippen LogP contribution in [0.1, 0.15) is 19.7 Å². The number of benzene rings is 1. The van der Waals surface area contributed by atoms with Crippen molar-refractivity contribution in [3.05, 3.63) is 30.1 Å². The van der Waals surface area contributed by atoms with Gasteiger partial charge in [0.15, 0.2) is 0 Å². The molecule has 110 valence electrons. The molecule has 2 rings (SSSR count). The van der Waals surface area contributed by atoms with Crippen molar-refractivity contribution in [1.29, 1.82) is 0 Å². The minimum atomic E-state index is 0.477. The molecule has 0 saturated carbocycles. The molecule has 0 amide bonds. The summed E-state index contributed by atoms with van der Waals surface area (Å²) >= 11 is 0. The molecule has 1 N–H and O–H groups in total. The van der Waals surface area contributed by atoms with Gasteiger partial charge in [0, 0.05) is 19.6 Å². The van der Waals surface area contributed by atoms with E-state index in [1.165, 1.54) is 5.52 Å². The molecule has 4 heteroatoms. The fourth-order valence-corrected chi connectivity index (χ4v) is 2.48. The summed E-state index contributed by atoms with van der Waals surface area (Å²) in [6, 6.07) is 8.76. The number of nitrogens with one attached hydrogen (secondary N) is 1. The average Bonchev–Trinajstić information content (AvgIpc) is 2.71. The molecule has 20 heavy (non-hydrogen) atoms. The van der Waals surface area contributed by atoms with Crippen LogP contribution in [0, 0.1) is 5.92 Å². The Balaban J connectivity index is 2.09. The van der Waals surface area contributed by atoms with E-state index < -0.39 is 0 Å². The highest BCUT2D eigenvalue weighted by atomic mass is 15.1. The SMILES string of the molecule is CC(C)C(CN(C)C)NCc1nc2ccccc2n1C. The number of para-hydroxylation sites is 2. The Bertz CT molecular complexity index is 557. The van der Waals surface area contributed by atoms with Crippen molar-refractivity contribution in [1.82, 2.24) is 19.8 Å². The van der Waals surface area contributed by atoms with Crippen LogP contribution in [0.15, 0.2) is 24.3 Å². The van der Waals surface area contributed by atoms with Crippen LogP contribution < -0.4 is 5.32 Å². The number of likely N-dealkylation sites (N-methyl/N-ethyl adjacent to an activating group) is 1. The molecule has 4 nitrogen and oxygen atoms in total. The first-order valence-electron chi connectivity index (χ1n) is 7.27. The first-order chi connectivity index (χ1) is 9.49. The van der Waals surface area contributed by atoms with Crippen molar-refractivity contribution >= 4 is 11.0 Å². The Morgan fingerprint density at radius 1 is 1.25 bits per heavy atom. The number of imidazole rings is 1. The zero-order valence-electron chi connectivity index (χ0n) is 13.2. The van der Waals surface area contributed by atoms with Crippen LogP contribution in [-0.2, 0) is 13.6 Å². The largest absolute Gasteiger partial charge is 0.330 e. The van der Waals surface area contributed by atoms with Crippen LogP contribution in [0.2, 0.25) is 0 Å². The van der Waals surface area contributed by atoms with Gasteiger partial charge in [-0.1, -0.05) is 26.0 Å². The molecule has 0 radical (unpaired) electrons. The minimum Gasteiger partial charge on any atom is -0.330 e. The number of aryl methyl sites for hydroxylation is 1. The zero-order chi connectivity index (χ0) is 14.7. The second-order valence-corrected chi connectivity index (χ2v) is 6.07. The number of nitrogens with zero attached hydrogens (tertiary/aromatic N) is 3. The molecule has 1 heterocycles. The Labute approximate surface area is 121 Å². The van der Waals surface area contributed by atoms with Crippen LogP contribution in [0.3, 0.4) is 0 Å². The third kappa shape index (κ3) is 3.38. The highest BCUT2D eigenvalue weighted by Gasteiger charge is 2.15. The smallest absolute Gasteiger partial charge is 0.123 e. The van der Waals surface area contributed by atoms with Gasteiger partial charge in [-0.05, 0) is 32.1 Å². The van der Waals surface area contributed by atoms with Crippen molar-refractivity contribution in [2.24, 2.45) is 13.0 Å². The summed E-state index contributed by atoms with van der Waals surface area (Å²) in [5, 5.41) is 3.64. The lowest BCUT2D eigenvalue weighted by Gasteiger charge is -2.25. The quantitative estimate of drug-likeness (QED) is 0.877. The number of rotatable bonds is 6. The van der Waals surface area contributed by atoms with Gasteiger partial charge in [0.1, 0.15) is 5.82 Å². The standard InChI is InChI=1S/C16H26N4/c1-12(2)14(11-19(3)4)17-10-16-18-13-8-6-7-9-15(13)20(16)5/h6-9,12,14,17H,10-11H2,1-5H3. The third-order valence-electron chi connectivity index (χ3n) is 3.77. The van der Waals surface area contributed by atoms with E-state index in [4.69, 9.17) is 4.98 Å². The van der Waals surface area contributed by atoms with Crippen LogP contribution >= 0.6 is 0 Å². The van der Waals surface area contributed by atoms with E-state index in [2.05, 4.69) is 68.0 Å². The van der Waals surface area contributed by atoms with Gasteiger partial charge in [0.2, 0.25) is 0 Å². The lowest BCUT2D eigenvalue weighted by Crippen LogP contribution is -2.41. The van der Waals surface area contributed by atoms with Gasteiger partial charge in [-0.15, -0.1) is 0 Å². The maximum absolute atomic E-state index is 4.71. The molecule has 0 fully saturated rings. The normalized spacial score (nSPS) is 13.6. The second-order valence-electron chi connectivity index (χ2n) is 6.07. The van der Waals surface area contributed by atoms with Crippen molar-refractivity contribution in [2.45, 2.75) is 26.4 Å². The molecule has 0 aliphatic rings. The van der Waals surface area contributed by atoms with E-state index in [-0.39, 0.29) is 0 Å². The van der Waals surface area contributed by atoms with E-state index in [1.807, 2.05) is 6.07 Å². The Hall–Kier alpha value is -1.39. The third-order valence-corrected chi connectivity index (χ3v) is 3.77. The van der Waals surface area contributed by atoms with Crippen molar-refractivity contribution in [3.63, 3.8) is 0 Å². The second kappa shape index (κ2) is 6.37. The summed E-state index contributed by atoms with van der Waals surface area (Å²) in [6.45, 7) is 6.37. The Kier molecular flexibility index (Phi) is 4.78. The molecular weight excluding hydrogens is 248 g/mol. The van der Waals surface area contributed by atoms with Crippen LogP contribution in [0.25, 0.3) is 11.0 Å². The molecule has 0 bridgehead atoms. The molecule has 0 aliphatic heterocycles. The molecule has 1 atom stereocenters. The first kappa shape index (κ1) is 15.0. The summed E-state index contributed by atoms with van der Waals surface area (Å²) in [4.78, 5) is 6.94. The van der Waals surface area contributed by atoms with Gasteiger partial charge < -0.3 is 14.8 Å². The number of hydrogen-bond acceptors (Lipinski definition) is 3. The van der Waals surface area contributed by atoms with Crippen LogP contribution in [-0.4, -0.2) is 41.1 Å². The fraction of sp³-hybridized carbons (Fsp3) is 0.562. The van der Waals surface area contributed by atoms with E-state index in [1.54, 1.807) is 0 Å². The van der Waals surface area contributed by atoms with Gasteiger partial charge in [-0.3, -0.25) is 0 Å². The first-order valence-corrected chi connectivity index (χ1v) is 7.27. The topological polar surface area (TPSA) is 33.1 Å². The molecule has 0 spiro atoms. The molecular formula is C16H26N4. The average molecular weight is 274 g/mol. The van der Waals surface area contributed by atoms with Crippen molar-refractivity contribution in [2.75, 3.05) is 20.6 Å². The Morgan fingerprint density at radius 3 is 2.55 bits per heavy atom. The van der Waals surface area contributed by atoms with Gasteiger partial charge in [-0.2, -0.15) is 0 Å². The molecule has 0 saturated heterocycles. The van der Waals surface area contributed by atoms with Gasteiger partial charge in [-0.25, -0.2) is 4.98 Å². The van der Waals surface area contributed by atoms with Crippen LogP contribution in [0.5, 0.6) is 0 Å². The van der Waals surface area contributed by atoms with Crippen molar-refractivity contribution < 1.29 is 0 Å². The maximum atomic E-state index is 4.71. The lowest BCUT2D eigenvalue weighted by molar-refractivity contribution is 0.286.